The Kier molecular flexibility index (Phi) is 5.77. The van der Waals surface area contributed by atoms with E-state index in [1.165, 1.54) is 0 Å². The average molecular weight is 249 g/mol. The molecule has 1 unspecified atom stereocenters. The number of halogens is 1. The molecule has 4 heteroatoms. The Bertz CT molecular complexity index is 231. The van der Waals surface area contributed by atoms with Crippen LogP contribution in [0.15, 0.2) is 0 Å². The molecule has 0 bridgehead atoms. The highest BCUT2D eigenvalue weighted by molar-refractivity contribution is 5.85. The van der Waals surface area contributed by atoms with Crippen LogP contribution in [0.3, 0.4) is 0 Å². The fraction of sp³-hybridized carbons (Fsp3) is 0.917. The number of rotatable bonds is 2. The number of piperidine rings is 1. The molecule has 0 aromatic rings. The first-order chi connectivity index (χ1) is 6.83. The number of carbonyl (C=O) groups is 1. The summed E-state index contributed by atoms with van der Waals surface area (Å²) >= 11 is 0. The Morgan fingerprint density at radius 2 is 1.69 bits per heavy atom. The van der Waals surface area contributed by atoms with Crippen LogP contribution >= 0.6 is 12.4 Å². The molecule has 0 aliphatic carbocycles. The number of nitrogens with zero attached hydrogens (tertiary/aromatic N) is 1. The van der Waals surface area contributed by atoms with Gasteiger partial charge >= 0.3 is 0 Å². The van der Waals surface area contributed by atoms with E-state index in [4.69, 9.17) is 5.73 Å². The van der Waals surface area contributed by atoms with Crippen LogP contribution in [0.5, 0.6) is 0 Å². The number of amides is 1. The smallest absolute Gasteiger partial charge is 0.239 e. The molecule has 0 aromatic carbocycles. The molecule has 1 aliphatic heterocycles. The van der Waals surface area contributed by atoms with Gasteiger partial charge in [-0.05, 0) is 24.2 Å². The van der Waals surface area contributed by atoms with Crippen molar-refractivity contribution in [2.75, 3.05) is 13.1 Å². The van der Waals surface area contributed by atoms with Crippen molar-refractivity contribution in [2.24, 2.45) is 17.1 Å². The summed E-state index contributed by atoms with van der Waals surface area (Å²) in [4.78, 5) is 13.9. The van der Waals surface area contributed by atoms with Crippen LogP contribution in [0, 0.1) is 11.3 Å². The van der Waals surface area contributed by atoms with Crippen LogP contribution in [0.1, 0.15) is 40.5 Å². The molecule has 96 valence electrons. The maximum atomic E-state index is 12.0. The van der Waals surface area contributed by atoms with Gasteiger partial charge in [0, 0.05) is 13.1 Å². The number of nitrogens with two attached hydrogens (primary N) is 1. The summed E-state index contributed by atoms with van der Waals surface area (Å²) in [5.41, 5.74) is 6.25. The quantitative estimate of drug-likeness (QED) is 0.813. The van der Waals surface area contributed by atoms with Crippen molar-refractivity contribution in [2.45, 2.75) is 46.6 Å². The monoisotopic (exact) mass is 248 g/mol. The lowest BCUT2D eigenvalue weighted by molar-refractivity contribution is -0.135. The lowest BCUT2D eigenvalue weighted by Crippen LogP contribution is -2.50. The van der Waals surface area contributed by atoms with Crippen molar-refractivity contribution in [1.82, 2.24) is 4.90 Å². The summed E-state index contributed by atoms with van der Waals surface area (Å²) in [6.07, 6.45) is 2.17. The third kappa shape index (κ3) is 3.95. The third-order valence-electron chi connectivity index (χ3n) is 3.43. The molecule has 1 aliphatic rings. The van der Waals surface area contributed by atoms with E-state index in [2.05, 4.69) is 13.8 Å². The molecule has 2 N–H and O–H groups in total. The molecule has 1 rings (SSSR count). The Hall–Kier alpha value is -0.280. The van der Waals surface area contributed by atoms with Gasteiger partial charge in [0.2, 0.25) is 5.91 Å². The lowest BCUT2D eigenvalue weighted by Gasteiger charge is -2.38. The maximum absolute atomic E-state index is 12.0. The van der Waals surface area contributed by atoms with E-state index in [0.717, 1.165) is 25.9 Å². The minimum Gasteiger partial charge on any atom is -0.341 e. The predicted octanol–water partition coefficient (Wildman–Crippen LogP) is 2.04. The van der Waals surface area contributed by atoms with Gasteiger partial charge < -0.3 is 10.6 Å². The van der Waals surface area contributed by atoms with Crippen molar-refractivity contribution in [3.05, 3.63) is 0 Å². The summed E-state index contributed by atoms with van der Waals surface area (Å²) in [7, 11) is 0. The molecule has 1 amide bonds. The van der Waals surface area contributed by atoms with Crippen molar-refractivity contribution in [3.8, 4) is 0 Å². The topological polar surface area (TPSA) is 46.3 Å². The van der Waals surface area contributed by atoms with E-state index >= 15 is 0 Å². The van der Waals surface area contributed by atoms with Gasteiger partial charge in [0.1, 0.15) is 0 Å². The second kappa shape index (κ2) is 5.87. The summed E-state index contributed by atoms with van der Waals surface area (Å²) in [5.74, 6) is 0.355. The van der Waals surface area contributed by atoms with E-state index in [9.17, 15) is 4.79 Å². The van der Waals surface area contributed by atoms with Gasteiger partial charge in [-0.1, -0.05) is 27.7 Å². The van der Waals surface area contributed by atoms with Crippen LogP contribution in [0.4, 0.5) is 0 Å². The molecule has 16 heavy (non-hydrogen) atoms. The summed E-state index contributed by atoms with van der Waals surface area (Å²) in [5, 5.41) is 0. The molecule has 1 fully saturated rings. The first kappa shape index (κ1) is 15.7. The number of carbonyl (C=O) groups excluding carboxylic acids is 1. The van der Waals surface area contributed by atoms with Crippen LogP contribution in [0.25, 0.3) is 0 Å². The maximum Gasteiger partial charge on any atom is 0.239 e. The second-order valence-corrected chi connectivity index (χ2v) is 5.76. The standard InChI is InChI=1S/C12H24N2O.ClH/c1-9(2)10(13)11(15)14-7-5-12(3,4)6-8-14;/h9-10H,5-8,13H2,1-4H3;1H. The van der Waals surface area contributed by atoms with Crippen molar-refractivity contribution in [3.63, 3.8) is 0 Å². The summed E-state index contributed by atoms with van der Waals surface area (Å²) in [6.45, 7) is 10.2. The number of hydrogen-bond acceptors (Lipinski definition) is 2. The van der Waals surface area contributed by atoms with Crippen molar-refractivity contribution in [1.29, 1.82) is 0 Å². The van der Waals surface area contributed by atoms with Gasteiger partial charge in [-0.2, -0.15) is 0 Å². The molecule has 1 saturated heterocycles. The largest absolute Gasteiger partial charge is 0.341 e. The first-order valence-electron chi connectivity index (χ1n) is 5.88. The highest BCUT2D eigenvalue weighted by Crippen LogP contribution is 2.29. The Balaban J connectivity index is 0.00000225. The molecule has 1 atom stereocenters. The number of hydrogen-bond donors (Lipinski definition) is 1. The van der Waals surface area contributed by atoms with Gasteiger partial charge in [-0.3, -0.25) is 4.79 Å². The fourth-order valence-corrected chi connectivity index (χ4v) is 1.83. The molecule has 3 nitrogen and oxygen atoms in total. The van der Waals surface area contributed by atoms with E-state index < -0.39 is 0 Å². The Labute approximate surface area is 105 Å². The van der Waals surface area contributed by atoms with Gasteiger partial charge in [-0.25, -0.2) is 0 Å². The highest BCUT2D eigenvalue weighted by atomic mass is 35.5. The predicted molar refractivity (Wildman–Crippen MR) is 69.7 cm³/mol. The van der Waals surface area contributed by atoms with E-state index in [0.29, 0.717) is 5.41 Å². The van der Waals surface area contributed by atoms with Crippen LogP contribution in [0.2, 0.25) is 0 Å². The molecular formula is C12H25ClN2O. The zero-order chi connectivity index (χ0) is 11.6. The minimum atomic E-state index is -0.328. The van der Waals surface area contributed by atoms with E-state index in [1.54, 1.807) is 0 Å². The molecule has 0 aromatic heterocycles. The zero-order valence-corrected chi connectivity index (χ0v) is 11.6. The van der Waals surface area contributed by atoms with Gasteiger partial charge in [-0.15, -0.1) is 12.4 Å². The van der Waals surface area contributed by atoms with Crippen molar-refractivity contribution < 1.29 is 4.79 Å². The molecule has 0 saturated carbocycles. The van der Waals surface area contributed by atoms with Crippen molar-refractivity contribution >= 4 is 18.3 Å². The summed E-state index contributed by atoms with van der Waals surface area (Å²) < 4.78 is 0. The SMILES string of the molecule is CC(C)C(N)C(=O)N1CCC(C)(C)CC1.Cl. The zero-order valence-electron chi connectivity index (χ0n) is 10.8. The Morgan fingerprint density at radius 1 is 1.25 bits per heavy atom. The van der Waals surface area contributed by atoms with Gasteiger partial charge in [0.25, 0.3) is 0 Å². The summed E-state index contributed by atoms with van der Waals surface area (Å²) in [6, 6.07) is -0.328. The Morgan fingerprint density at radius 3 is 2.06 bits per heavy atom. The normalized spacial score (nSPS) is 21.5. The molecule has 0 radical (unpaired) electrons. The van der Waals surface area contributed by atoms with Crippen LogP contribution in [-0.4, -0.2) is 29.9 Å². The average Bonchev–Trinajstić information content (AvgIpc) is 2.15. The molecule has 0 spiro atoms. The van der Waals surface area contributed by atoms with E-state index in [-0.39, 0.29) is 30.3 Å². The molecule has 1 heterocycles. The first-order valence-corrected chi connectivity index (χ1v) is 5.88. The second-order valence-electron chi connectivity index (χ2n) is 5.76. The van der Waals surface area contributed by atoms with E-state index in [1.807, 2.05) is 18.7 Å². The molecular weight excluding hydrogens is 224 g/mol. The van der Waals surface area contributed by atoms with Crippen LogP contribution in [-0.2, 0) is 4.79 Å². The van der Waals surface area contributed by atoms with Gasteiger partial charge in [0.05, 0.1) is 6.04 Å². The fourth-order valence-electron chi connectivity index (χ4n) is 1.83. The van der Waals surface area contributed by atoms with Crippen LogP contribution < -0.4 is 5.73 Å². The lowest BCUT2D eigenvalue weighted by atomic mass is 9.82. The number of likely N-dealkylation sites (tertiary alicyclic amines) is 1. The van der Waals surface area contributed by atoms with Gasteiger partial charge in [0.15, 0.2) is 0 Å². The minimum absolute atomic E-state index is 0. The highest BCUT2D eigenvalue weighted by Gasteiger charge is 2.30. The third-order valence-corrected chi connectivity index (χ3v) is 3.43.